The average Bonchev–Trinajstić information content (AvgIpc) is 2.39. The summed E-state index contributed by atoms with van der Waals surface area (Å²) in [6, 6.07) is 10.2. The second-order valence-corrected chi connectivity index (χ2v) is 3.76. The highest BCUT2D eigenvalue weighted by Crippen LogP contribution is 2.26. The summed E-state index contributed by atoms with van der Waals surface area (Å²) >= 11 is 0. The number of para-hydroxylation sites is 1. The van der Waals surface area contributed by atoms with Gasteiger partial charge in [-0.2, -0.15) is 0 Å². The molecule has 0 saturated heterocycles. The molecule has 0 fully saturated rings. The lowest BCUT2D eigenvalue weighted by atomic mass is 10.1. The van der Waals surface area contributed by atoms with E-state index in [4.69, 9.17) is 0 Å². The Morgan fingerprint density at radius 3 is 2.69 bits per heavy atom. The molecule has 0 unspecified atom stereocenters. The largest absolute Gasteiger partial charge is 0.324 e. The summed E-state index contributed by atoms with van der Waals surface area (Å²) in [6.07, 6.45) is 11.4. The van der Waals surface area contributed by atoms with Crippen LogP contribution in [0.5, 0.6) is 0 Å². The van der Waals surface area contributed by atoms with Gasteiger partial charge in [0.2, 0.25) is 0 Å². The van der Waals surface area contributed by atoms with Crippen molar-refractivity contribution >= 4 is 16.6 Å². The maximum absolute atomic E-state index is 4.36. The molecule has 0 N–H and O–H groups in total. The molecule has 2 aromatic rings. The molecule has 0 spiro atoms. The van der Waals surface area contributed by atoms with Gasteiger partial charge in [-0.1, -0.05) is 30.4 Å². The van der Waals surface area contributed by atoms with Crippen LogP contribution in [-0.2, 0) is 0 Å². The van der Waals surface area contributed by atoms with Crippen LogP contribution in [0.4, 0.5) is 5.69 Å². The van der Waals surface area contributed by atoms with Gasteiger partial charge < -0.3 is 4.90 Å². The normalized spacial score (nSPS) is 14.6. The zero-order valence-corrected chi connectivity index (χ0v) is 8.88. The third kappa shape index (κ3) is 1.48. The Labute approximate surface area is 94.5 Å². The van der Waals surface area contributed by atoms with Gasteiger partial charge in [-0.25, -0.2) is 0 Å². The summed E-state index contributed by atoms with van der Waals surface area (Å²) in [4.78, 5) is 6.49. The summed E-state index contributed by atoms with van der Waals surface area (Å²) in [5, 5.41) is 1.18. The highest BCUT2D eigenvalue weighted by atomic mass is 15.1. The second-order valence-electron chi connectivity index (χ2n) is 3.76. The van der Waals surface area contributed by atoms with E-state index < -0.39 is 0 Å². The number of nitrogens with zero attached hydrogens (tertiary/aromatic N) is 2. The molecule has 0 atom stereocenters. The Kier molecular flexibility index (Phi) is 2.18. The van der Waals surface area contributed by atoms with E-state index in [2.05, 4.69) is 40.5 Å². The van der Waals surface area contributed by atoms with Crippen molar-refractivity contribution in [2.45, 2.75) is 6.42 Å². The van der Waals surface area contributed by atoms with Gasteiger partial charge in [0.1, 0.15) is 0 Å². The summed E-state index contributed by atoms with van der Waals surface area (Å²) in [6.45, 7) is 0. The number of rotatable bonds is 1. The number of aromatic nitrogens is 1. The number of fused-ring (bicyclic) bond motifs is 1. The smallest absolute Gasteiger partial charge is 0.0723 e. The number of allylic oxidation sites excluding steroid dienone is 2. The van der Waals surface area contributed by atoms with Crippen molar-refractivity contribution in [3.8, 4) is 0 Å². The third-order valence-corrected chi connectivity index (χ3v) is 2.71. The number of pyridine rings is 1. The van der Waals surface area contributed by atoms with Gasteiger partial charge in [0.05, 0.1) is 11.2 Å². The lowest BCUT2D eigenvalue weighted by Crippen LogP contribution is -2.09. The van der Waals surface area contributed by atoms with E-state index in [1.54, 1.807) is 0 Å². The van der Waals surface area contributed by atoms with Crippen LogP contribution in [0.25, 0.3) is 10.9 Å². The standard InChI is InChI=1S/C14H12N2/c1-4-10-16(11-5-1)14-8-9-15-13-7-3-2-6-12(13)14/h2-11H,1H2. The van der Waals surface area contributed by atoms with Gasteiger partial charge in [0, 0.05) is 24.0 Å². The van der Waals surface area contributed by atoms with E-state index in [-0.39, 0.29) is 0 Å². The van der Waals surface area contributed by atoms with Crippen LogP contribution in [0.3, 0.4) is 0 Å². The van der Waals surface area contributed by atoms with Crippen molar-refractivity contribution in [1.29, 1.82) is 0 Å². The lowest BCUT2D eigenvalue weighted by molar-refractivity contribution is 1.19. The predicted molar refractivity (Wildman–Crippen MR) is 67.1 cm³/mol. The molecule has 2 heteroatoms. The number of hydrogen-bond donors (Lipinski definition) is 0. The summed E-state index contributed by atoms with van der Waals surface area (Å²) in [5.41, 5.74) is 2.21. The maximum atomic E-state index is 4.36. The van der Waals surface area contributed by atoms with Crippen molar-refractivity contribution in [3.05, 3.63) is 61.1 Å². The first-order valence-electron chi connectivity index (χ1n) is 5.40. The van der Waals surface area contributed by atoms with Gasteiger partial charge in [-0.15, -0.1) is 0 Å². The molecule has 1 aliphatic heterocycles. The summed E-state index contributed by atoms with van der Waals surface area (Å²) in [5.74, 6) is 0. The molecule has 0 aliphatic carbocycles. The van der Waals surface area contributed by atoms with Crippen LogP contribution in [0.2, 0.25) is 0 Å². The van der Waals surface area contributed by atoms with Crippen LogP contribution >= 0.6 is 0 Å². The van der Waals surface area contributed by atoms with Gasteiger partial charge in [0.15, 0.2) is 0 Å². The minimum absolute atomic E-state index is 1.01. The summed E-state index contributed by atoms with van der Waals surface area (Å²) < 4.78 is 0. The summed E-state index contributed by atoms with van der Waals surface area (Å²) in [7, 11) is 0. The highest BCUT2D eigenvalue weighted by molar-refractivity contribution is 5.92. The Morgan fingerprint density at radius 2 is 1.81 bits per heavy atom. The van der Waals surface area contributed by atoms with E-state index in [0.717, 1.165) is 11.9 Å². The molecule has 0 radical (unpaired) electrons. The molecule has 2 heterocycles. The van der Waals surface area contributed by atoms with E-state index in [1.165, 1.54) is 11.1 Å². The van der Waals surface area contributed by atoms with Gasteiger partial charge in [-0.05, 0) is 18.6 Å². The first-order chi connectivity index (χ1) is 7.95. The number of hydrogen-bond acceptors (Lipinski definition) is 2. The molecule has 0 amide bonds. The Morgan fingerprint density at radius 1 is 1.00 bits per heavy atom. The molecule has 1 aromatic heterocycles. The minimum Gasteiger partial charge on any atom is -0.324 e. The van der Waals surface area contributed by atoms with Gasteiger partial charge in [0.25, 0.3) is 0 Å². The molecule has 2 nitrogen and oxygen atoms in total. The molecule has 1 aliphatic rings. The van der Waals surface area contributed by atoms with Crippen LogP contribution < -0.4 is 4.90 Å². The van der Waals surface area contributed by atoms with Gasteiger partial charge >= 0.3 is 0 Å². The van der Waals surface area contributed by atoms with E-state index in [9.17, 15) is 0 Å². The third-order valence-electron chi connectivity index (χ3n) is 2.71. The topological polar surface area (TPSA) is 16.1 Å². The fourth-order valence-corrected chi connectivity index (χ4v) is 1.94. The van der Waals surface area contributed by atoms with Crippen molar-refractivity contribution in [2.24, 2.45) is 0 Å². The zero-order valence-electron chi connectivity index (χ0n) is 8.88. The number of anilines is 1. The van der Waals surface area contributed by atoms with Crippen LogP contribution in [0, 0.1) is 0 Å². The number of benzene rings is 1. The minimum atomic E-state index is 1.01. The quantitative estimate of drug-likeness (QED) is 0.713. The molecular weight excluding hydrogens is 196 g/mol. The Hall–Kier alpha value is -2.09. The molecule has 78 valence electrons. The molecule has 0 saturated carbocycles. The molecule has 1 aromatic carbocycles. The molecular formula is C14H12N2. The van der Waals surface area contributed by atoms with Crippen molar-refractivity contribution < 1.29 is 0 Å². The maximum Gasteiger partial charge on any atom is 0.0723 e. The Bertz CT molecular complexity index is 552. The average molecular weight is 208 g/mol. The monoisotopic (exact) mass is 208 g/mol. The van der Waals surface area contributed by atoms with E-state index in [0.29, 0.717) is 0 Å². The van der Waals surface area contributed by atoms with Crippen LogP contribution in [0.15, 0.2) is 61.1 Å². The van der Waals surface area contributed by atoms with E-state index >= 15 is 0 Å². The Balaban J connectivity index is 2.19. The second kappa shape index (κ2) is 3.81. The molecule has 16 heavy (non-hydrogen) atoms. The van der Waals surface area contributed by atoms with E-state index in [1.807, 2.05) is 30.5 Å². The fraction of sp³-hybridized carbons (Fsp3) is 0.0714. The zero-order chi connectivity index (χ0) is 10.8. The van der Waals surface area contributed by atoms with Crippen LogP contribution in [-0.4, -0.2) is 4.98 Å². The van der Waals surface area contributed by atoms with Gasteiger partial charge in [-0.3, -0.25) is 4.98 Å². The lowest BCUT2D eigenvalue weighted by Gasteiger charge is -2.19. The van der Waals surface area contributed by atoms with Crippen molar-refractivity contribution in [2.75, 3.05) is 4.90 Å². The fourth-order valence-electron chi connectivity index (χ4n) is 1.94. The first kappa shape index (κ1) is 9.16. The van der Waals surface area contributed by atoms with Crippen LogP contribution in [0.1, 0.15) is 6.42 Å². The van der Waals surface area contributed by atoms with Crippen molar-refractivity contribution in [3.63, 3.8) is 0 Å². The molecule has 0 bridgehead atoms. The predicted octanol–water partition coefficient (Wildman–Crippen LogP) is 3.47. The SMILES string of the molecule is C1=CN(c2ccnc3ccccc23)C=CC1. The van der Waals surface area contributed by atoms with Crippen molar-refractivity contribution in [1.82, 2.24) is 4.98 Å². The molecule has 3 rings (SSSR count). The highest BCUT2D eigenvalue weighted by Gasteiger charge is 2.06. The first-order valence-corrected chi connectivity index (χ1v) is 5.40.